The molecule has 0 saturated carbocycles. The average Bonchev–Trinajstić information content (AvgIpc) is 3.50. The molecule has 0 fully saturated rings. The molecule has 3 aromatic carbocycles. The Kier molecular flexibility index (Phi) is 9.59. The van der Waals surface area contributed by atoms with E-state index in [-0.39, 0.29) is 10.6 Å². The molecule has 0 aliphatic heterocycles. The molecule has 2 heterocycles. The fraction of sp³-hybridized carbons (Fsp3) is 0.161. The minimum atomic E-state index is -4.76. The molecule has 1 unspecified atom stereocenters. The number of hydrogen-bond donors (Lipinski definition) is 3. The van der Waals surface area contributed by atoms with E-state index in [4.69, 9.17) is 0 Å². The van der Waals surface area contributed by atoms with Crippen molar-refractivity contribution in [2.75, 3.05) is 17.8 Å². The second kappa shape index (κ2) is 13.6. The number of thiazole rings is 1. The molecular weight excluding hydrogens is 613 g/mol. The first-order valence-corrected chi connectivity index (χ1v) is 15.7. The summed E-state index contributed by atoms with van der Waals surface area (Å²) in [5.41, 5.74) is 4.10. The van der Waals surface area contributed by atoms with Gasteiger partial charge in [-0.2, -0.15) is 0 Å². The lowest BCUT2D eigenvalue weighted by atomic mass is 10.1. The van der Waals surface area contributed by atoms with Gasteiger partial charge in [0.25, 0.3) is 10.0 Å². The van der Waals surface area contributed by atoms with Crippen molar-refractivity contribution in [3.63, 3.8) is 0 Å². The molecule has 0 aliphatic carbocycles. The maximum Gasteiger partial charge on any atom is 0.573 e. The van der Waals surface area contributed by atoms with Crippen LogP contribution < -0.4 is 14.8 Å². The van der Waals surface area contributed by atoms with Crippen molar-refractivity contribution in [1.82, 2.24) is 15.3 Å². The number of rotatable bonds is 12. The van der Waals surface area contributed by atoms with E-state index in [1.807, 2.05) is 18.2 Å². The molecule has 3 N–H and O–H groups in total. The van der Waals surface area contributed by atoms with Gasteiger partial charge in [0.2, 0.25) is 0 Å². The summed E-state index contributed by atoms with van der Waals surface area (Å²) in [6.45, 7) is 1.03. The molecule has 0 saturated heterocycles. The molecule has 2 aromatic heterocycles. The van der Waals surface area contributed by atoms with Crippen molar-refractivity contribution in [2.45, 2.75) is 23.8 Å². The summed E-state index contributed by atoms with van der Waals surface area (Å²) >= 11 is 1.31. The predicted octanol–water partition coefficient (Wildman–Crippen LogP) is 6.44. The van der Waals surface area contributed by atoms with Crippen LogP contribution in [0.3, 0.4) is 0 Å². The van der Waals surface area contributed by atoms with Gasteiger partial charge in [0.05, 0.1) is 16.7 Å². The number of sulfonamides is 1. The topological polar surface area (TPSA) is 113 Å². The normalized spacial score (nSPS) is 12.5. The number of pyridine rings is 1. The Hall–Kier alpha value is -4.30. The van der Waals surface area contributed by atoms with Crippen molar-refractivity contribution in [1.29, 1.82) is 0 Å². The van der Waals surface area contributed by atoms with E-state index in [0.29, 0.717) is 47.0 Å². The van der Waals surface area contributed by atoms with Crippen LogP contribution in [0.4, 0.5) is 18.9 Å². The number of aromatic nitrogens is 2. The van der Waals surface area contributed by atoms with E-state index in [0.717, 1.165) is 11.1 Å². The number of ether oxygens (including phenoxy) is 1. The van der Waals surface area contributed by atoms with Gasteiger partial charge in [-0.25, -0.2) is 13.4 Å². The first kappa shape index (κ1) is 31.1. The third kappa shape index (κ3) is 8.41. The molecular formula is C31H27F3N4O4S2. The van der Waals surface area contributed by atoms with Crippen LogP contribution in [0.2, 0.25) is 0 Å². The average molecular weight is 641 g/mol. The van der Waals surface area contributed by atoms with Crippen molar-refractivity contribution < 1.29 is 31.4 Å². The quantitative estimate of drug-likeness (QED) is 0.135. The molecule has 228 valence electrons. The molecule has 44 heavy (non-hydrogen) atoms. The Labute approximate surface area is 256 Å². The van der Waals surface area contributed by atoms with Crippen molar-refractivity contribution in [3.8, 4) is 27.6 Å². The Morgan fingerprint density at radius 1 is 0.932 bits per heavy atom. The summed E-state index contributed by atoms with van der Waals surface area (Å²) < 4.78 is 69.7. The molecule has 8 nitrogen and oxygen atoms in total. The van der Waals surface area contributed by atoms with Gasteiger partial charge in [0.15, 0.2) is 0 Å². The number of hydrogen-bond acceptors (Lipinski definition) is 8. The van der Waals surface area contributed by atoms with Gasteiger partial charge in [0.1, 0.15) is 10.8 Å². The second-order valence-corrected chi connectivity index (χ2v) is 12.2. The van der Waals surface area contributed by atoms with Crippen LogP contribution in [0.1, 0.15) is 17.2 Å². The van der Waals surface area contributed by atoms with Gasteiger partial charge in [-0.3, -0.25) is 9.71 Å². The minimum absolute atomic E-state index is 0.0809. The van der Waals surface area contributed by atoms with Crippen LogP contribution in [0.15, 0.2) is 108 Å². The summed E-state index contributed by atoms with van der Waals surface area (Å²) in [5, 5.41) is 15.8. The number of benzene rings is 3. The first-order valence-electron chi connectivity index (χ1n) is 13.4. The predicted molar refractivity (Wildman–Crippen MR) is 163 cm³/mol. The highest BCUT2D eigenvalue weighted by molar-refractivity contribution is 7.92. The van der Waals surface area contributed by atoms with Gasteiger partial charge >= 0.3 is 6.36 Å². The van der Waals surface area contributed by atoms with Gasteiger partial charge < -0.3 is 15.2 Å². The van der Waals surface area contributed by atoms with Crippen LogP contribution in [-0.2, 0) is 16.4 Å². The van der Waals surface area contributed by atoms with E-state index in [1.54, 1.807) is 48.1 Å². The van der Waals surface area contributed by atoms with E-state index in [1.165, 1.54) is 47.7 Å². The van der Waals surface area contributed by atoms with Crippen molar-refractivity contribution in [2.24, 2.45) is 0 Å². The van der Waals surface area contributed by atoms with Gasteiger partial charge in [-0.1, -0.05) is 30.3 Å². The first-order chi connectivity index (χ1) is 21.1. The third-order valence-corrected chi connectivity index (χ3v) is 8.79. The smallest absolute Gasteiger partial charge is 0.406 e. The standard InChI is InChI=1S/C31H27F3N4O4S2/c32-31(33,34)42-26-11-5-23(6-12-26)30-37-28(20-43-30)22-7-13-27(14-8-22)44(40,41)38-25-9-3-21(4-10-25)15-17-36-19-29(39)24-2-1-16-35-18-24/h1-14,16,18,20,29,36,38-39H,15,17,19H2. The number of aliphatic hydroxyl groups is 1. The highest BCUT2D eigenvalue weighted by Gasteiger charge is 2.31. The maximum absolute atomic E-state index is 13.0. The molecule has 0 bridgehead atoms. The molecule has 13 heteroatoms. The molecule has 0 spiro atoms. The van der Waals surface area contributed by atoms with Gasteiger partial charge in [-0.15, -0.1) is 24.5 Å². The number of halogens is 3. The summed E-state index contributed by atoms with van der Waals surface area (Å²) in [5.74, 6) is -0.318. The Morgan fingerprint density at radius 3 is 2.30 bits per heavy atom. The monoisotopic (exact) mass is 640 g/mol. The number of nitrogens with zero attached hydrogens (tertiary/aromatic N) is 2. The number of aliphatic hydroxyl groups excluding tert-OH is 1. The zero-order chi connectivity index (χ0) is 31.2. The molecule has 1 atom stereocenters. The highest BCUT2D eigenvalue weighted by atomic mass is 32.2. The third-order valence-electron chi connectivity index (χ3n) is 6.50. The summed E-state index contributed by atoms with van der Waals surface area (Å²) in [6, 6.07) is 22.4. The summed E-state index contributed by atoms with van der Waals surface area (Å²) in [4.78, 5) is 8.63. The van der Waals surface area contributed by atoms with Crippen LogP contribution in [0.25, 0.3) is 21.8 Å². The number of anilines is 1. The zero-order valence-corrected chi connectivity index (χ0v) is 24.7. The minimum Gasteiger partial charge on any atom is -0.406 e. The van der Waals surface area contributed by atoms with Crippen LogP contribution in [0.5, 0.6) is 5.75 Å². The maximum atomic E-state index is 13.0. The fourth-order valence-electron chi connectivity index (χ4n) is 4.26. The second-order valence-electron chi connectivity index (χ2n) is 9.69. The van der Waals surface area contributed by atoms with E-state index in [9.17, 15) is 26.7 Å². The molecule has 0 aliphatic rings. The van der Waals surface area contributed by atoms with E-state index < -0.39 is 22.5 Å². The lowest BCUT2D eigenvalue weighted by Crippen LogP contribution is -2.23. The van der Waals surface area contributed by atoms with E-state index >= 15 is 0 Å². The lowest BCUT2D eigenvalue weighted by molar-refractivity contribution is -0.274. The molecule has 5 rings (SSSR count). The Balaban J connectivity index is 1.14. The van der Waals surface area contributed by atoms with Crippen LogP contribution in [0, 0.1) is 0 Å². The molecule has 0 radical (unpaired) electrons. The van der Waals surface area contributed by atoms with Crippen LogP contribution >= 0.6 is 11.3 Å². The van der Waals surface area contributed by atoms with Gasteiger partial charge in [-0.05, 0) is 73.1 Å². The van der Waals surface area contributed by atoms with Crippen molar-refractivity contribution in [3.05, 3.63) is 114 Å². The fourth-order valence-corrected chi connectivity index (χ4v) is 6.15. The SMILES string of the molecule is O=S(=O)(Nc1ccc(CCNCC(O)c2cccnc2)cc1)c1ccc(-c2csc(-c3ccc(OC(F)(F)F)cc3)n2)cc1. The highest BCUT2D eigenvalue weighted by Crippen LogP contribution is 2.31. The van der Waals surface area contributed by atoms with Crippen molar-refractivity contribution >= 4 is 27.0 Å². The largest absolute Gasteiger partial charge is 0.573 e. The van der Waals surface area contributed by atoms with E-state index in [2.05, 4.69) is 24.7 Å². The number of nitrogens with one attached hydrogen (secondary N) is 2. The zero-order valence-electron chi connectivity index (χ0n) is 23.0. The lowest BCUT2D eigenvalue weighted by Gasteiger charge is -2.12. The summed E-state index contributed by atoms with van der Waals surface area (Å²) in [6.07, 6.45) is -1.43. The van der Waals surface area contributed by atoms with Gasteiger partial charge in [0, 0.05) is 46.7 Å². The Morgan fingerprint density at radius 2 is 1.64 bits per heavy atom. The Bertz CT molecular complexity index is 1760. The van der Waals surface area contributed by atoms with Crippen LogP contribution in [-0.4, -0.2) is 42.9 Å². The molecule has 5 aromatic rings. The summed E-state index contributed by atoms with van der Waals surface area (Å²) in [7, 11) is -3.84. The number of alkyl halides is 3. The molecule has 0 amide bonds.